The summed E-state index contributed by atoms with van der Waals surface area (Å²) in [4.78, 5) is 0. The van der Waals surface area contributed by atoms with E-state index in [0.29, 0.717) is 0 Å². The van der Waals surface area contributed by atoms with Crippen LogP contribution in [0.25, 0.3) is 0 Å². The molecule has 1 aliphatic rings. The number of hydrogen-bond acceptors (Lipinski definition) is 2. The number of hydrogen-bond donors (Lipinski definition) is 0. The molecular weight excluding hydrogens is 120 g/mol. The van der Waals surface area contributed by atoms with Crippen LogP contribution in [0.3, 0.4) is 0 Å². The number of ether oxygens (including phenoxy) is 1. The van der Waals surface area contributed by atoms with Crippen molar-refractivity contribution in [2.75, 3.05) is 18.1 Å². The predicted molar refractivity (Wildman–Crippen MR) is 37.0 cm³/mol. The van der Waals surface area contributed by atoms with Gasteiger partial charge in [-0.25, -0.2) is 0 Å². The lowest BCUT2D eigenvalue weighted by Crippen LogP contribution is -1.94. The molecule has 0 aliphatic carbocycles. The second-order valence-electron chi connectivity index (χ2n) is 1.64. The molecule has 0 fully saturated rings. The lowest BCUT2D eigenvalue weighted by Gasteiger charge is -2.02. The van der Waals surface area contributed by atoms with Gasteiger partial charge < -0.3 is 4.74 Å². The van der Waals surface area contributed by atoms with Crippen LogP contribution in [-0.2, 0) is 4.74 Å². The first-order valence-electron chi connectivity index (χ1n) is 2.84. The topological polar surface area (TPSA) is 9.23 Å². The van der Waals surface area contributed by atoms with Gasteiger partial charge in [0.2, 0.25) is 0 Å². The highest BCUT2D eigenvalue weighted by atomic mass is 32.2. The predicted octanol–water partition coefficient (Wildman–Crippen LogP) is 1.65. The molecule has 8 heavy (non-hydrogen) atoms. The summed E-state index contributed by atoms with van der Waals surface area (Å²) >= 11 is 1.95. The van der Waals surface area contributed by atoms with Crippen LogP contribution in [0.15, 0.2) is 12.3 Å². The lowest BCUT2D eigenvalue weighted by atomic mass is 10.5. The van der Waals surface area contributed by atoms with Gasteiger partial charge in [0.05, 0.1) is 12.9 Å². The average molecular weight is 130 g/mol. The third-order valence-corrected chi connectivity index (χ3v) is 1.95. The van der Waals surface area contributed by atoms with E-state index in [1.54, 1.807) is 6.26 Å². The minimum absolute atomic E-state index is 0.876. The van der Waals surface area contributed by atoms with Crippen molar-refractivity contribution in [1.82, 2.24) is 0 Å². The van der Waals surface area contributed by atoms with E-state index in [4.69, 9.17) is 4.74 Å². The molecule has 2 heteroatoms. The van der Waals surface area contributed by atoms with Crippen LogP contribution < -0.4 is 0 Å². The standard InChI is InChI=1S/C6H10OS/c1-2-5-8-6-4-7-3-1/h1,3H,2,4-6H2/b3-1-. The van der Waals surface area contributed by atoms with Gasteiger partial charge in [0, 0.05) is 5.75 Å². The van der Waals surface area contributed by atoms with Crippen molar-refractivity contribution in [1.29, 1.82) is 0 Å². The van der Waals surface area contributed by atoms with E-state index in [9.17, 15) is 0 Å². The Hall–Kier alpha value is -0.110. The third kappa shape index (κ3) is 2.26. The summed E-state index contributed by atoms with van der Waals surface area (Å²) in [5.74, 6) is 2.39. The Morgan fingerprint density at radius 3 is 3.38 bits per heavy atom. The fourth-order valence-corrected chi connectivity index (χ4v) is 1.29. The monoisotopic (exact) mass is 130 g/mol. The SMILES string of the molecule is C1=C\OCCSCC/1. The first-order chi connectivity index (χ1) is 4.00. The third-order valence-electron chi connectivity index (χ3n) is 0.967. The van der Waals surface area contributed by atoms with Crippen LogP contribution >= 0.6 is 11.8 Å². The Morgan fingerprint density at radius 1 is 1.38 bits per heavy atom. The second kappa shape index (κ2) is 3.84. The molecule has 0 amide bonds. The Kier molecular flexibility index (Phi) is 2.89. The molecule has 0 saturated carbocycles. The van der Waals surface area contributed by atoms with Crippen LogP contribution in [0, 0.1) is 0 Å². The van der Waals surface area contributed by atoms with Gasteiger partial charge in [-0.2, -0.15) is 11.8 Å². The number of rotatable bonds is 0. The fraction of sp³-hybridized carbons (Fsp3) is 0.667. The van der Waals surface area contributed by atoms with Gasteiger partial charge in [-0.15, -0.1) is 0 Å². The summed E-state index contributed by atoms with van der Waals surface area (Å²) < 4.78 is 5.07. The zero-order chi connectivity index (χ0) is 5.66. The van der Waals surface area contributed by atoms with Crippen molar-refractivity contribution in [3.63, 3.8) is 0 Å². The smallest absolute Gasteiger partial charge is 0.0963 e. The van der Waals surface area contributed by atoms with E-state index < -0.39 is 0 Å². The van der Waals surface area contributed by atoms with Crippen molar-refractivity contribution in [2.45, 2.75) is 6.42 Å². The van der Waals surface area contributed by atoms with Crippen LogP contribution in [0.4, 0.5) is 0 Å². The van der Waals surface area contributed by atoms with E-state index in [0.717, 1.165) is 18.8 Å². The summed E-state index contributed by atoms with van der Waals surface area (Å²) in [6.45, 7) is 0.876. The van der Waals surface area contributed by atoms with Crippen LogP contribution in [0.1, 0.15) is 6.42 Å². The van der Waals surface area contributed by atoms with E-state index >= 15 is 0 Å². The Morgan fingerprint density at radius 2 is 2.38 bits per heavy atom. The molecule has 0 spiro atoms. The van der Waals surface area contributed by atoms with Crippen molar-refractivity contribution in [3.8, 4) is 0 Å². The van der Waals surface area contributed by atoms with Crippen molar-refractivity contribution in [3.05, 3.63) is 12.3 Å². The summed E-state index contributed by atoms with van der Waals surface area (Å²) in [6, 6.07) is 0. The van der Waals surface area contributed by atoms with Gasteiger partial charge in [-0.1, -0.05) is 0 Å². The van der Waals surface area contributed by atoms with Gasteiger partial charge in [-0.3, -0.25) is 0 Å². The molecule has 1 aliphatic heterocycles. The minimum Gasteiger partial charge on any atom is -0.501 e. The number of thioether (sulfide) groups is 1. The molecule has 0 N–H and O–H groups in total. The Balaban J connectivity index is 2.17. The quantitative estimate of drug-likeness (QED) is 0.493. The van der Waals surface area contributed by atoms with E-state index in [1.807, 2.05) is 11.8 Å². The fourth-order valence-electron chi connectivity index (χ4n) is 0.565. The van der Waals surface area contributed by atoms with Crippen molar-refractivity contribution < 1.29 is 4.74 Å². The van der Waals surface area contributed by atoms with Gasteiger partial charge in [0.25, 0.3) is 0 Å². The van der Waals surface area contributed by atoms with Crippen molar-refractivity contribution >= 4 is 11.8 Å². The molecule has 0 aromatic rings. The molecule has 1 nitrogen and oxygen atoms in total. The minimum atomic E-state index is 0.876. The van der Waals surface area contributed by atoms with Gasteiger partial charge >= 0.3 is 0 Å². The van der Waals surface area contributed by atoms with Crippen LogP contribution in [-0.4, -0.2) is 18.1 Å². The van der Waals surface area contributed by atoms with Gasteiger partial charge in [0.15, 0.2) is 0 Å². The van der Waals surface area contributed by atoms with E-state index in [2.05, 4.69) is 6.08 Å². The first kappa shape index (κ1) is 6.02. The molecule has 0 saturated heterocycles. The zero-order valence-electron chi connectivity index (χ0n) is 4.80. The highest BCUT2D eigenvalue weighted by Gasteiger charge is 1.89. The molecule has 0 aromatic carbocycles. The maximum Gasteiger partial charge on any atom is 0.0963 e. The van der Waals surface area contributed by atoms with Gasteiger partial charge in [0.1, 0.15) is 0 Å². The maximum absolute atomic E-state index is 5.07. The largest absolute Gasteiger partial charge is 0.501 e. The molecule has 46 valence electrons. The summed E-state index contributed by atoms with van der Waals surface area (Å²) in [7, 11) is 0. The molecule has 0 bridgehead atoms. The highest BCUT2D eigenvalue weighted by Crippen LogP contribution is 2.05. The Bertz CT molecular complexity index is 70.6. The summed E-state index contributed by atoms with van der Waals surface area (Å²) in [5.41, 5.74) is 0. The zero-order valence-corrected chi connectivity index (χ0v) is 5.62. The van der Waals surface area contributed by atoms with E-state index in [-0.39, 0.29) is 0 Å². The maximum atomic E-state index is 5.07. The lowest BCUT2D eigenvalue weighted by molar-refractivity contribution is 0.271. The molecule has 0 atom stereocenters. The first-order valence-corrected chi connectivity index (χ1v) is 4.00. The average Bonchev–Trinajstić information content (AvgIpc) is 1.62. The Labute approximate surface area is 54.1 Å². The molecule has 1 rings (SSSR count). The summed E-state index contributed by atoms with van der Waals surface area (Å²) in [6.07, 6.45) is 5.04. The molecule has 0 radical (unpaired) electrons. The molecule has 0 aromatic heterocycles. The van der Waals surface area contributed by atoms with Crippen LogP contribution in [0.2, 0.25) is 0 Å². The molecular formula is C6H10OS. The normalized spacial score (nSPS) is 25.0. The van der Waals surface area contributed by atoms with Crippen LogP contribution in [0.5, 0.6) is 0 Å². The van der Waals surface area contributed by atoms with Gasteiger partial charge in [-0.05, 0) is 18.2 Å². The van der Waals surface area contributed by atoms with Crippen molar-refractivity contribution in [2.24, 2.45) is 0 Å². The second-order valence-corrected chi connectivity index (χ2v) is 2.87. The summed E-state index contributed by atoms with van der Waals surface area (Å²) in [5, 5.41) is 0. The number of allylic oxidation sites excluding steroid dienone is 1. The highest BCUT2D eigenvalue weighted by molar-refractivity contribution is 7.99. The van der Waals surface area contributed by atoms with E-state index in [1.165, 1.54) is 5.75 Å². The molecule has 0 unspecified atom stereocenters. The molecule has 1 heterocycles.